The Hall–Kier alpha value is -3.05. The SMILES string of the molecule is COc1cc(-c2cccc(C(NCCc3ccccc3)C3CCCCCC3)n2)cc(OC)c1OC. The van der Waals surface area contributed by atoms with Crippen molar-refractivity contribution < 1.29 is 14.2 Å². The van der Waals surface area contributed by atoms with Gasteiger partial charge in [-0.2, -0.15) is 0 Å². The first kappa shape index (κ1) is 25.1. The predicted molar refractivity (Wildman–Crippen MR) is 141 cm³/mol. The van der Waals surface area contributed by atoms with Crippen molar-refractivity contribution in [3.8, 4) is 28.5 Å². The molecule has 3 aromatic rings. The molecule has 0 saturated heterocycles. The van der Waals surface area contributed by atoms with Crippen molar-refractivity contribution in [3.63, 3.8) is 0 Å². The van der Waals surface area contributed by atoms with Crippen LogP contribution in [0.25, 0.3) is 11.3 Å². The largest absolute Gasteiger partial charge is 0.493 e. The molecule has 1 fully saturated rings. The highest BCUT2D eigenvalue weighted by molar-refractivity contribution is 5.68. The summed E-state index contributed by atoms with van der Waals surface area (Å²) in [6, 6.07) is 21.2. The summed E-state index contributed by atoms with van der Waals surface area (Å²) < 4.78 is 16.7. The predicted octanol–water partition coefficient (Wildman–Crippen LogP) is 6.62. The lowest BCUT2D eigenvalue weighted by Crippen LogP contribution is -2.31. The van der Waals surface area contributed by atoms with Crippen LogP contribution in [0.4, 0.5) is 0 Å². The Morgan fingerprint density at radius 2 is 1.51 bits per heavy atom. The number of rotatable bonds is 10. The van der Waals surface area contributed by atoms with Crippen LogP contribution in [0, 0.1) is 5.92 Å². The van der Waals surface area contributed by atoms with E-state index >= 15 is 0 Å². The number of hydrogen-bond acceptors (Lipinski definition) is 5. The molecule has 0 radical (unpaired) electrons. The molecular weight excluding hydrogens is 436 g/mol. The number of methoxy groups -OCH3 is 3. The van der Waals surface area contributed by atoms with Crippen LogP contribution in [0.5, 0.6) is 17.2 Å². The average molecular weight is 475 g/mol. The molecule has 1 unspecified atom stereocenters. The zero-order valence-electron chi connectivity index (χ0n) is 21.3. The minimum absolute atomic E-state index is 0.235. The zero-order chi connectivity index (χ0) is 24.5. The van der Waals surface area contributed by atoms with Crippen LogP contribution in [-0.2, 0) is 6.42 Å². The Bertz CT molecular complexity index is 1040. The molecule has 0 spiro atoms. The lowest BCUT2D eigenvalue weighted by atomic mass is 9.89. The topological polar surface area (TPSA) is 52.6 Å². The molecule has 5 heteroatoms. The molecule has 1 heterocycles. The van der Waals surface area contributed by atoms with Gasteiger partial charge in [-0.15, -0.1) is 0 Å². The van der Waals surface area contributed by atoms with Gasteiger partial charge in [0.25, 0.3) is 0 Å². The van der Waals surface area contributed by atoms with E-state index in [1.807, 2.05) is 12.1 Å². The molecule has 1 saturated carbocycles. The van der Waals surface area contributed by atoms with Gasteiger partial charge in [0.15, 0.2) is 11.5 Å². The molecular formula is C30H38N2O3. The summed E-state index contributed by atoms with van der Waals surface area (Å²) in [6.45, 7) is 0.932. The first-order valence-electron chi connectivity index (χ1n) is 12.8. The minimum atomic E-state index is 0.235. The standard InChI is InChI=1S/C30H38N2O3/c1-33-27-20-24(21-28(34-2)30(27)35-3)25-16-11-17-26(32-25)29(23-14-9-4-5-10-15-23)31-19-18-22-12-7-6-8-13-22/h6-8,11-13,16-17,20-21,23,29,31H,4-5,9-10,14-15,18-19H2,1-3H3. The molecule has 4 rings (SSSR count). The fraction of sp³-hybridized carbons (Fsp3) is 0.433. The Balaban J connectivity index is 1.62. The molecule has 2 aromatic carbocycles. The maximum Gasteiger partial charge on any atom is 0.203 e. The van der Waals surface area contributed by atoms with Crippen LogP contribution in [0.15, 0.2) is 60.7 Å². The van der Waals surface area contributed by atoms with E-state index in [2.05, 4.69) is 53.8 Å². The molecule has 1 N–H and O–H groups in total. The molecule has 1 atom stereocenters. The van der Waals surface area contributed by atoms with Crippen molar-refractivity contribution in [3.05, 3.63) is 71.9 Å². The second-order valence-electron chi connectivity index (χ2n) is 9.28. The highest BCUT2D eigenvalue weighted by atomic mass is 16.5. The molecule has 1 aliphatic carbocycles. The van der Waals surface area contributed by atoms with Crippen molar-refractivity contribution in [2.24, 2.45) is 5.92 Å². The van der Waals surface area contributed by atoms with Gasteiger partial charge in [-0.3, -0.25) is 4.98 Å². The first-order valence-corrected chi connectivity index (χ1v) is 12.8. The van der Waals surface area contributed by atoms with Crippen LogP contribution in [0.1, 0.15) is 55.8 Å². The van der Waals surface area contributed by atoms with Crippen LogP contribution < -0.4 is 19.5 Å². The number of hydrogen-bond donors (Lipinski definition) is 1. The number of nitrogens with one attached hydrogen (secondary N) is 1. The summed E-state index contributed by atoms with van der Waals surface area (Å²) in [4.78, 5) is 5.17. The van der Waals surface area contributed by atoms with Gasteiger partial charge in [0.1, 0.15) is 0 Å². The van der Waals surface area contributed by atoms with E-state index in [1.165, 1.54) is 44.1 Å². The van der Waals surface area contributed by atoms with Gasteiger partial charge in [-0.05, 0) is 61.6 Å². The summed E-state index contributed by atoms with van der Waals surface area (Å²) in [5.41, 5.74) is 4.32. The van der Waals surface area contributed by atoms with Gasteiger partial charge in [-0.25, -0.2) is 0 Å². The Kier molecular flexibility index (Phi) is 9.02. The summed E-state index contributed by atoms with van der Waals surface area (Å²) >= 11 is 0. The van der Waals surface area contributed by atoms with E-state index in [9.17, 15) is 0 Å². The van der Waals surface area contributed by atoms with Gasteiger partial charge < -0.3 is 19.5 Å². The zero-order valence-corrected chi connectivity index (χ0v) is 21.3. The van der Waals surface area contributed by atoms with E-state index in [1.54, 1.807) is 21.3 Å². The van der Waals surface area contributed by atoms with Crippen LogP contribution in [0.3, 0.4) is 0 Å². The Morgan fingerprint density at radius 1 is 0.829 bits per heavy atom. The normalized spacial score (nSPS) is 15.3. The minimum Gasteiger partial charge on any atom is -0.493 e. The third-order valence-corrected chi connectivity index (χ3v) is 7.04. The summed E-state index contributed by atoms with van der Waals surface area (Å²) in [7, 11) is 4.91. The smallest absolute Gasteiger partial charge is 0.203 e. The van der Waals surface area contributed by atoms with Crippen molar-refractivity contribution in [1.82, 2.24) is 10.3 Å². The number of pyridine rings is 1. The summed E-state index contributed by atoms with van der Waals surface area (Å²) in [5, 5.41) is 3.89. The van der Waals surface area contributed by atoms with Gasteiger partial charge >= 0.3 is 0 Å². The molecule has 0 amide bonds. The van der Waals surface area contributed by atoms with Gasteiger partial charge in [0.05, 0.1) is 38.8 Å². The molecule has 186 valence electrons. The molecule has 0 aliphatic heterocycles. The fourth-order valence-electron chi connectivity index (χ4n) is 5.19. The van der Waals surface area contributed by atoms with E-state index in [0.29, 0.717) is 23.2 Å². The number of nitrogens with zero attached hydrogens (tertiary/aromatic N) is 1. The Labute approximate surface area is 209 Å². The van der Waals surface area contributed by atoms with Crippen LogP contribution in [0.2, 0.25) is 0 Å². The van der Waals surface area contributed by atoms with E-state index in [0.717, 1.165) is 29.9 Å². The quantitative estimate of drug-likeness (QED) is 0.335. The highest BCUT2D eigenvalue weighted by Gasteiger charge is 2.25. The lowest BCUT2D eigenvalue weighted by Gasteiger charge is -2.27. The molecule has 1 aromatic heterocycles. The molecule has 0 bridgehead atoms. The first-order chi connectivity index (χ1) is 17.2. The monoisotopic (exact) mass is 474 g/mol. The maximum absolute atomic E-state index is 5.58. The second-order valence-corrected chi connectivity index (χ2v) is 9.28. The van der Waals surface area contributed by atoms with Gasteiger partial charge in [0, 0.05) is 5.56 Å². The van der Waals surface area contributed by atoms with Gasteiger partial charge in [-0.1, -0.05) is 62.1 Å². The lowest BCUT2D eigenvalue weighted by molar-refractivity contribution is 0.321. The summed E-state index contributed by atoms with van der Waals surface area (Å²) in [5.74, 6) is 2.45. The van der Waals surface area contributed by atoms with Crippen molar-refractivity contribution in [2.45, 2.75) is 51.0 Å². The summed E-state index contributed by atoms with van der Waals surface area (Å²) in [6.07, 6.45) is 8.79. The van der Waals surface area contributed by atoms with Gasteiger partial charge in [0.2, 0.25) is 5.75 Å². The van der Waals surface area contributed by atoms with E-state index in [4.69, 9.17) is 19.2 Å². The molecule has 35 heavy (non-hydrogen) atoms. The van der Waals surface area contributed by atoms with Crippen LogP contribution >= 0.6 is 0 Å². The fourth-order valence-corrected chi connectivity index (χ4v) is 5.19. The van der Waals surface area contributed by atoms with Crippen molar-refractivity contribution in [2.75, 3.05) is 27.9 Å². The molecule has 5 nitrogen and oxygen atoms in total. The van der Waals surface area contributed by atoms with Crippen molar-refractivity contribution >= 4 is 0 Å². The third-order valence-electron chi connectivity index (χ3n) is 7.04. The second kappa shape index (κ2) is 12.6. The van der Waals surface area contributed by atoms with Crippen molar-refractivity contribution in [1.29, 1.82) is 0 Å². The van der Waals surface area contributed by atoms with Crippen LogP contribution in [-0.4, -0.2) is 32.9 Å². The Morgan fingerprint density at radius 3 is 2.14 bits per heavy atom. The third kappa shape index (κ3) is 6.34. The average Bonchev–Trinajstić information content (AvgIpc) is 3.20. The molecule has 1 aliphatic rings. The maximum atomic E-state index is 5.58. The number of ether oxygens (including phenoxy) is 3. The highest BCUT2D eigenvalue weighted by Crippen LogP contribution is 2.41. The van der Waals surface area contributed by atoms with E-state index < -0.39 is 0 Å². The number of benzene rings is 2. The number of aromatic nitrogens is 1. The van der Waals surface area contributed by atoms with E-state index in [-0.39, 0.29) is 6.04 Å².